The highest BCUT2D eigenvalue weighted by Gasteiger charge is 2.37. The lowest BCUT2D eigenvalue weighted by Gasteiger charge is -2.32. The molecule has 24 heavy (non-hydrogen) atoms. The van der Waals surface area contributed by atoms with E-state index in [1.807, 2.05) is 20.0 Å². The Hall–Kier alpha value is -1.18. The number of ether oxygens (including phenoxy) is 1. The molecule has 1 aliphatic carbocycles. The third kappa shape index (κ3) is 3.90. The molecule has 3 rings (SSSR count). The highest BCUT2D eigenvalue weighted by molar-refractivity contribution is 7.90. The second kappa shape index (κ2) is 6.98. The predicted octanol–water partition coefficient (Wildman–Crippen LogP) is 1.75. The van der Waals surface area contributed by atoms with Gasteiger partial charge in [-0.3, -0.25) is 9.88 Å². The first-order chi connectivity index (χ1) is 11.4. The maximum absolute atomic E-state index is 12.0. The zero-order valence-electron chi connectivity index (χ0n) is 14.7. The summed E-state index contributed by atoms with van der Waals surface area (Å²) in [5, 5.41) is -0.137. The summed E-state index contributed by atoms with van der Waals surface area (Å²) in [4.78, 5) is 6.90. The number of hydrogen-bond donors (Lipinski definition) is 1. The van der Waals surface area contributed by atoms with Crippen LogP contribution in [0.1, 0.15) is 42.5 Å². The molecule has 134 valence electrons. The van der Waals surface area contributed by atoms with Crippen LogP contribution >= 0.6 is 0 Å². The van der Waals surface area contributed by atoms with Gasteiger partial charge in [-0.05, 0) is 39.5 Å². The Labute approximate surface area is 144 Å². The molecule has 0 atom stereocenters. The second-order valence-corrected chi connectivity index (χ2v) is 8.95. The Morgan fingerprint density at radius 2 is 1.92 bits per heavy atom. The van der Waals surface area contributed by atoms with Crippen molar-refractivity contribution in [1.82, 2.24) is 14.6 Å². The summed E-state index contributed by atoms with van der Waals surface area (Å²) in [6.07, 6.45) is 5.20. The first kappa shape index (κ1) is 17.6. The molecule has 6 nitrogen and oxygen atoms in total. The van der Waals surface area contributed by atoms with Crippen molar-refractivity contribution in [2.75, 3.05) is 20.2 Å². The molecule has 0 bridgehead atoms. The van der Waals surface area contributed by atoms with Gasteiger partial charge in [0.2, 0.25) is 10.0 Å². The monoisotopic (exact) mass is 353 g/mol. The lowest BCUT2D eigenvalue weighted by atomic mass is 10.0. The Kier molecular flexibility index (Phi) is 5.13. The number of methoxy groups -OCH3 is 1. The van der Waals surface area contributed by atoms with E-state index in [0.717, 1.165) is 67.9 Å². The second-order valence-electron chi connectivity index (χ2n) is 6.96. The summed E-state index contributed by atoms with van der Waals surface area (Å²) >= 11 is 0. The lowest BCUT2D eigenvalue weighted by molar-refractivity contribution is 0.197. The zero-order valence-corrected chi connectivity index (χ0v) is 15.5. The Bertz CT molecular complexity index is 693. The van der Waals surface area contributed by atoms with Crippen LogP contribution in [0.5, 0.6) is 5.75 Å². The Morgan fingerprint density at radius 1 is 1.25 bits per heavy atom. The van der Waals surface area contributed by atoms with E-state index in [4.69, 9.17) is 4.74 Å². The number of aryl methyl sites for hydroxylation is 1. The topological polar surface area (TPSA) is 71.5 Å². The highest BCUT2D eigenvalue weighted by atomic mass is 32.2. The molecule has 0 aromatic carbocycles. The smallest absolute Gasteiger partial charge is 0.214 e. The zero-order chi connectivity index (χ0) is 17.3. The van der Waals surface area contributed by atoms with Crippen LogP contribution in [0.3, 0.4) is 0 Å². The molecule has 0 unspecified atom stereocenters. The van der Waals surface area contributed by atoms with Gasteiger partial charge in [0.1, 0.15) is 5.75 Å². The van der Waals surface area contributed by atoms with Crippen LogP contribution in [0.15, 0.2) is 6.20 Å². The van der Waals surface area contributed by atoms with Gasteiger partial charge in [-0.2, -0.15) is 0 Å². The molecule has 1 aromatic heterocycles. The summed E-state index contributed by atoms with van der Waals surface area (Å²) in [6.45, 7) is 6.60. The van der Waals surface area contributed by atoms with Gasteiger partial charge in [0.05, 0.1) is 18.1 Å². The molecule has 2 aliphatic rings. The average molecular weight is 353 g/mol. The molecular formula is C17H27N3O3S. The molecule has 0 amide bonds. The fraction of sp³-hybridized carbons (Fsp3) is 0.706. The molecule has 1 N–H and O–H groups in total. The van der Waals surface area contributed by atoms with Crippen LogP contribution < -0.4 is 9.46 Å². The van der Waals surface area contributed by atoms with Gasteiger partial charge < -0.3 is 4.74 Å². The van der Waals surface area contributed by atoms with Crippen molar-refractivity contribution in [3.8, 4) is 5.75 Å². The van der Waals surface area contributed by atoms with Crippen LogP contribution in [0.4, 0.5) is 0 Å². The van der Waals surface area contributed by atoms with Gasteiger partial charge in [0.15, 0.2) is 0 Å². The molecule has 1 aromatic rings. The number of piperidine rings is 1. The molecule has 2 fully saturated rings. The summed E-state index contributed by atoms with van der Waals surface area (Å²) in [6, 6.07) is 0.0773. The first-order valence-electron chi connectivity index (χ1n) is 8.63. The van der Waals surface area contributed by atoms with Crippen LogP contribution in [-0.4, -0.2) is 49.8 Å². The number of hydrogen-bond acceptors (Lipinski definition) is 5. The number of sulfonamides is 1. The standard InChI is InChI=1S/C17H27N3O3S/c1-12-10-18-16(13(2)17(12)23-3)11-20-8-6-14(7-9-20)19-24(21,22)15-4-5-15/h10,14-15,19H,4-9,11H2,1-3H3. The number of nitrogens with zero attached hydrogens (tertiary/aromatic N) is 2. The number of aromatic nitrogens is 1. The van der Waals surface area contributed by atoms with E-state index in [1.54, 1.807) is 7.11 Å². The highest BCUT2D eigenvalue weighted by Crippen LogP contribution is 2.29. The summed E-state index contributed by atoms with van der Waals surface area (Å²) < 4.78 is 32.4. The van der Waals surface area contributed by atoms with Crippen molar-refractivity contribution in [3.63, 3.8) is 0 Å². The van der Waals surface area contributed by atoms with Gasteiger partial charge in [0, 0.05) is 43.0 Å². The number of likely N-dealkylation sites (tertiary alicyclic amines) is 1. The molecule has 1 aliphatic heterocycles. The van der Waals surface area contributed by atoms with Crippen LogP contribution in [0.25, 0.3) is 0 Å². The van der Waals surface area contributed by atoms with Gasteiger partial charge >= 0.3 is 0 Å². The van der Waals surface area contributed by atoms with Gasteiger partial charge in [-0.1, -0.05) is 0 Å². The SMILES string of the molecule is COc1c(C)cnc(CN2CCC(NS(=O)(=O)C3CC3)CC2)c1C. The summed E-state index contributed by atoms with van der Waals surface area (Å²) in [7, 11) is -1.39. The quantitative estimate of drug-likeness (QED) is 0.844. The number of nitrogens with one attached hydrogen (secondary N) is 1. The van der Waals surface area contributed by atoms with Gasteiger partial charge in [0.25, 0.3) is 0 Å². The van der Waals surface area contributed by atoms with Crippen molar-refractivity contribution in [2.24, 2.45) is 0 Å². The summed E-state index contributed by atoms with van der Waals surface area (Å²) in [5.74, 6) is 0.909. The third-order valence-corrected chi connectivity index (χ3v) is 7.02. The largest absolute Gasteiger partial charge is 0.496 e. The minimum Gasteiger partial charge on any atom is -0.496 e. The van der Waals surface area contributed by atoms with Crippen LogP contribution in [0, 0.1) is 13.8 Å². The summed E-state index contributed by atoms with van der Waals surface area (Å²) in [5.41, 5.74) is 3.18. The van der Waals surface area contributed by atoms with E-state index < -0.39 is 10.0 Å². The molecule has 1 saturated carbocycles. The molecule has 1 saturated heterocycles. The minimum atomic E-state index is -3.08. The van der Waals surface area contributed by atoms with Crippen molar-refractivity contribution >= 4 is 10.0 Å². The van der Waals surface area contributed by atoms with E-state index in [2.05, 4.69) is 14.6 Å². The molecule has 7 heteroatoms. The molecule has 2 heterocycles. The van der Waals surface area contributed by atoms with E-state index in [1.165, 1.54) is 0 Å². The van der Waals surface area contributed by atoms with E-state index >= 15 is 0 Å². The average Bonchev–Trinajstić information content (AvgIpc) is 3.37. The van der Waals surface area contributed by atoms with E-state index in [0.29, 0.717) is 0 Å². The maximum Gasteiger partial charge on any atom is 0.214 e. The molecule has 0 radical (unpaired) electrons. The number of pyridine rings is 1. The molecular weight excluding hydrogens is 326 g/mol. The van der Waals surface area contributed by atoms with Gasteiger partial charge in [-0.15, -0.1) is 0 Å². The Morgan fingerprint density at radius 3 is 2.50 bits per heavy atom. The predicted molar refractivity (Wildman–Crippen MR) is 93.6 cm³/mol. The number of rotatable bonds is 6. The van der Waals surface area contributed by atoms with Crippen LogP contribution in [0.2, 0.25) is 0 Å². The third-order valence-electron chi connectivity index (χ3n) is 5.00. The fourth-order valence-electron chi connectivity index (χ4n) is 3.36. The normalized spacial score (nSPS) is 20.3. The minimum absolute atomic E-state index is 0.0773. The maximum atomic E-state index is 12.0. The van der Waals surface area contributed by atoms with Crippen LogP contribution in [-0.2, 0) is 16.6 Å². The van der Waals surface area contributed by atoms with Crippen molar-refractivity contribution in [1.29, 1.82) is 0 Å². The van der Waals surface area contributed by atoms with E-state index in [9.17, 15) is 8.42 Å². The Balaban J connectivity index is 1.56. The fourth-order valence-corrected chi connectivity index (χ4v) is 5.01. The van der Waals surface area contributed by atoms with Crippen molar-refractivity contribution < 1.29 is 13.2 Å². The van der Waals surface area contributed by atoms with Crippen molar-refractivity contribution in [3.05, 3.63) is 23.0 Å². The lowest BCUT2D eigenvalue weighted by Crippen LogP contribution is -2.45. The first-order valence-corrected chi connectivity index (χ1v) is 10.2. The van der Waals surface area contributed by atoms with Crippen molar-refractivity contribution in [2.45, 2.75) is 57.4 Å². The molecule has 0 spiro atoms. The van der Waals surface area contributed by atoms with E-state index in [-0.39, 0.29) is 11.3 Å². The van der Waals surface area contributed by atoms with Gasteiger partial charge in [-0.25, -0.2) is 13.1 Å².